The van der Waals surface area contributed by atoms with Gasteiger partial charge in [0, 0.05) is 5.38 Å². The van der Waals surface area contributed by atoms with Crippen molar-refractivity contribution in [3.63, 3.8) is 0 Å². The normalized spacial score (nSPS) is 18.8. The zero-order valence-corrected chi connectivity index (χ0v) is 13.5. The number of anilines is 1. The molecule has 1 saturated heterocycles. The minimum atomic E-state index is -4.40. The van der Waals surface area contributed by atoms with Crippen LogP contribution in [0.2, 0.25) is 0 Å². The van der Waals surface area contributed by atoms with E-state index in [1.54, 1.807) is 0 Å². The average Bonchev–Trinajstić information content (AvgIpc) is 2.84. The zero-order chi connectivity index (χ0) is 16.5. The number of nitrogens with one attached hydrogen (secondary N) is 1. The molecular formula is C9H11N5O5S3. The molecule has 1 aliphatic heterocycles. The fourth-order valence-corrected chi connectivity index (χ4v) is 3.36. The summed E-state index contributed by atoms with van der Waals surface area (Å²) in [4.78, 5) is 20.6. The predicted molar refractivity (Wildman–Crippen MR) is 82.9 cm³/mol. The Morgan fingerprint density at radius 2 is 2.41 bits per heavy atom. The lowest BCUT2D eigenvalue weighted by Crippen LogP contribution is -2.65. The third kappa shape index (κ3) is 3.32. The fourth-order valence-electron chi connectivity index (χ4n) is 1.63. The number of carbonyl (C=O) groups is 1. The van der Waals surface area contributed by atoms with Gasteiger partial charge in [-0.25, -0.2) is 9.29 Å². The Kier molecular flexibility index (Phi) is 4.60. The maximum atomic E-state index is 12.2. The number of nitrogen functional groups attached to an aromatic ring is 1. The highest BCUT2D eigenvalue weighted by molar-refractivity contribution is 7.87. The molecule has 0 saturated carbocycles. The van der Waals surface area contributed by atoms with Crippen LogP contribution in [-0.2, 0) is 19.9 Å². The minimum absolute atomic E-state index is 0.120. The van der Waals surface area contributed by atoms with E-state index >= 15 is 0 Å². The Bertz CT molecular complexity index is 743. The monoisotopic (exact) mass is 365 g/mol. The first kappa shape index (κ1) is 16.5. The molecular weight excluding hydrogens is 354 g/mol. The molecule has 0 unspecified atom stereocenters. The Hall–Kier alpha value is -1.83. The highest BCUT2D eigenvalue weighted by Crippen LogP contribution is 2.17. The van der Waals surface area contributed by atoms with Gasteiger partial charge < -0.3 is 15.9 Å². The Balaban J connectivity index is 2.08. The van der Waals surface area contributed by atoms with Crippen LogP contribution in [0.1, 0.15) is 5.69 Å². The number of hydrogen-bond acceptors (Lipinski definition) is 9. The number of carbonyl (C=O) groups excluding carboxylic acids is 1. The Morgan fingerprint density at radius 3 is 2.86 bits per heavy atom. The van der Waals surface area contributed by atoms with E-state index in [-0.39, 0.29) is 28.1 Å². The van der Waals surface area contributed by atoms with Crippen molar-refractivity contribution in [2.75, 3.05) is 19.4 Å². The van der Waals surface area contributed by atoms with Gasteiger partial charge in [-0.15, -0.1) is 11.3 Å². The number of hydrogen-bond donors (Lipinski definition) is 3. The van der Waals surface area contributed by atoms with E-state index in [1.807, 2.05) is 0 Å². The van der Waals surface area contributed by atoms with E-state index in [2.05, 4.69) is 20.3 Å². The van der Waals surface area contributed by atoms with E-state index in [1.165, 1.54) is 12.5 Å². The first-order chi connectivity index (χ1) is 10.2. The summed E-state index contributed by atoms with van der Waals surface area (Å²) >= 11 is 5.96. The summed E-state index contributed by atoms with van der Waals surface area (Å²) in [6.45, 7) is -0.164. The second-order valence-electron chi connectivity index (χ2n) is 4.07. The number of nitrogens with two attached hydrogens (primary N) is 1. The molecule has 1 aromatic rings. The first-order valence-corrected chi connectivity index (χ1v) is 8.35. The van der Waals surface area contributed by atoms with Crippen molar-refractivity contribution in [2.24, 2.45) is 5.16 Å². The molecule has 1 fully saturated rings. The fraction of sp³-hybridized carbons (Fsp3) is 0.333. The SMILES string of the molecule is CO/N=C(\C(=O)N[C@H]1CN(S(=O)(=O)O)C1=S)c1csc(N)n1. The summed E-state index contributed by atoms with van der Waals surface area (Å²) in [6.07, 6.45) is 0. The second-order valence-corrected chi connectivity index (χ2v) is 6.71. The van der Waals surface area contributed by atoms with Crippen LogP contribution >= 0.6 is 23.6 Å². The van der Waals surface area contributed by atoms with Crippen molar-refractivity contribution >= 4 is 55.6 Å². The van der Waals surface area contributed by atoms with Crippen molar-refractivity contribution in [3.05, 3.63) is 11.1 Å². The van der Waals surface area contributed by atoms with Crippen molar-refractivity contribution < 1.29 is 22.6 Å². The number of aromatic nitrogens is 1. The Labute approximate surface area is 134 Å². The van der Waals surface area contributed by atoms with E-state index in [9.17, 15) is 13.2 Å². The van der Waals surface area contributed by atoms with E-state index < -0.39 is 22.3 Å². The lowest BCUT2D eigenvalue weighted by molar-refractivity contribution is -0.115. The summed E-state index contributed by atoms with van der Waals surface area (Å²) in [5.74, 6) is -0.658. The van der Waals surface area contributed by atoms with Crippen LogP contribution in [0, 0.1) is 0 Å². The maximum Gasteiger partial charge on any atom is 0.360 e. The number of thiocarbonyl (C=S) groups is 1. The van der Waals surface area contributed by atoms with Crippen LogP contribution in [0.25, 0.3) is 0 Å². The number of oxime groups is 1. The van der Waals surface area contributed by atoms with Gasteiger partial charge in [0.25, 0.3) is 5.91 Å². The number of rotatable bonds is 5. The topological polar surface area (TPSA) is 147 Å². The largest absolute Gasteiger partial charge is 0.398 e. The molecule has 22 heavy (non-hydrogen) atoms. The number of amides is 1. The van der Waals surface area contributed by atoms with Crippen LogP contribution in [0.5, 0.6) is 0 Å². The molecule has 0 radical (unpaired) electrons. The maximum absolute atomic E-state index is 12.2. The van der Waals surface area contributed by atoms with Gasteiger partial charge >= 0.3 is 10.3 Å². The lowest BCUT2D eigenvalue weighted by atomic mass is 10.1. The molecule has 2 heterocycles. The molecule has 1 aliphatic rings. The molecule has 4 N–H and O–H groups in total. The Morgan fingerprint density at radius 1 is 1.73 bits per heavy atom. The van der Waals surface area contributed by atoms with E-state index in [0.29, 0.717) is 4.31 Å². The number of thiazole rings is 1. The summed E-state index contributed by atoms with van der Waals surface area (Å²) in [5, 5.41) is 7.83. The van der Waals surface area contributed by atoms with Crippen molar-refractivity contribution in [3.8, 4) is 0 Å². The highest BCUT2D eigenvalue weighted by Gasteiger charge is 2.41. The van der Waals surface area contributed by atoms with Gasteiger partial charge in [-0.3, -0.25) is 9.35 Å². The average molecular weight is 365 g/mol. The molecule has 13 heteroatoms. The van der Waals surface area contributed by atoms with E-state index in [4.69, 9.17) is 22.5 Å². The molecule has 10 nitrogen and oxygen atoms in total. The van der Waals surface area contributed by atoms with Crippen LogP contribution in [-0.4, -0.2) is 58.6 Å². The van der Waals surface area contributed by atoms with Gasteiger partial charge in [0.05, 0.1) is 12.6 Å². The van der Waals surface area contributed by atoms with Crippen LogP contribution in [0.3, 0.4) is 0 Å². The molecule has 1 amide bonds. The standard InChI is InChI=1S/C9H11N5O5S3/c1-19-13-6(5-3-21-9(10)12-5)7(15)11-4-2-14(8(4)20)22(16,17)18/h3-4H,2H2,1H3,(H2,10,12)(H,11,15)(H,16,17,18)/b13-6-/t4-/m0/s1. The molecule has 2 rings (SSSR count). The summed E-state index contributed by atoms with van der Waals surface area (Å²) in [6, 6.07) is -0.720. The van der Waals surface area contributed by atoms with Crippen molar-refractivity contribution in [1.29, 1.82) is 0 Å². The zero-order valence-electron chi connectivity index (χ0n) is 11.1. The number of nitrogens with zero attached hydrogens (tertiary/aromatic N) is 3. The summed E-state index contributed by atoms with van der Waals surface area (Å²) < 4.78 is 31.3. The molecule has 120 valence electrons. The summed E-state index contributed by atoms with van der Waals surface area (Å²) in [7, 11) is -3.14. The van der Waals surface area contributed by atoms with Crippen molar-refractivity contribution in [1.82, 2.24) is 14.6 Å². The van der Waals surface area contributed by atoms with E-state index in [0.717, 1.165) is 11.3 Å². The van der Waals surface area contributed by atoms with Gasteiger partial charge in [0.15, 0.2) is 10.8 Å². The quantitative estimate of drug-likeness (QED) is 0.261. The second kappa shape index (κ2) is 6.12. The van der Waals surface area contributed by atoms with Crippen molar-refractivity contribution in [2.45, 2.75) is 6.04 Å². The lowest BCUT2D eigenvalue weighted by Gasteiger charge is -2.38. The molecule has 1 atom stereocenters. The molecule has 1 aromatic heterocycles. The van der Waals surface area contributed by atoms with Gasteiger partial charge in [-0.2, -0.15) is 8.42 Å². The third-order valence-corrected chi connectivity index (χ3v) is 4.84. The smallest absolute Gasteiger partial charge is 0.360 e. The first-order valence-electron chi connectivity index (χ1n) is 5.66. The molecule has 0 bridgehead atoms. The van der Waals surface area contributed by atoms with Crippen LogP contribution < -0.4 is 11.1 Å². The molecule has 0 spiro atoms. The highest BCUT2D eigenvalue weighted by atomic mass is 32.2. The summed E-state index contributed by atoms with van der Waals surface area (Å²) in [5.41, 5.74) is 5.60. The van der Waals surface area contributed by atoms with Crippen LogP contribution in [0.15, 0.2) is 10.5 Å². The third-order valence-electron chi connectivity index (χ3n) is 2.64. The predicted octanol–water partition coefficient (Wildman–Crippen LogP) is -0.994. The van der Waals surface area contributed by atoms with Gasteiger partial charge in [0.2, 0.25) is 0 Å². The molecule has 0 aliphatic carbocycles. The van der Waals surface area contributed by atoms with Crippen LogP contribution in [0.4, 0.5) is 5.13 Å². The minimum Gasteiger partial charge on any atom is -0.398 e. The van der Waals surface area contributed by atoms with Gasteiger partial charge in [-0.1, -0.05) is 17.4 Å². The van der Waals surface area contributed by atoms with Gasteiger partial charge in [0.1, 0.15) is 17.8 Å². The van der Waals surface area contributed by atoms with Gasteiger partial charge in [-0.05, 0) is 0 Å². The molecule has 0 aromatic carbocycles.